The lowest BCUT2D eigenvalue weighted by Gasteiger charge is -2.10. The average molecular weight is 297 g/mol. The van der Waals surface area contributed by atoms with Gasteiger partial charge in [0.1, 0.15) is 5.82 Å². The van der Waals surface area contributed by atoms with Crippen molar-refractivity contribution in [1.29, 1.82) is 0 Å². The number of aromatic nitrogens is 1. The molecule has 114 valence electrons. The minimum Gasteiger partial charge on any atom is -0.326 e. The van der Waals surface area contributed by atoms with E-state index in [1.54, 1.807) is 18.3 Å². The number of carbonyl (C=O) groups excluding carboxylic acids is 2. The summed E-state index contributed by atoms with van der Waals surface area (Å²) in [7, 11) is 0. The van der Waals surface area contributed by atoms with Crippen molar-refractivity contribution in [2.24, 2.45) is 0 Å². The fourth-order valence-corrected chi connectivity index (χ4v) is 2.14. The maximum absolute atomic E-state index is 12.2. The Kier molecular flexibility index (Phi) is 4.88. The Morgan fingerprint density at radius 2 is 1.91 bits per heavy atom. The van der Waals surface area contributed by atoms with Crippen LogP contribution < -0.4 is 10.6 Å². The molecule has 5 heteroatoms. The molecule has 1 aromatic carbocycles. The molecule has 5 nitrogen and oxygen atoms in total. The lowest BCUT2D eigenvalue weighted by atomic mass is 10.0. The standard InChI is InChI=1S/C17H19N3O2/c1-11-5-4-6-14(12(11)2)9-17(22)20-15-7-8-18-16(10-15)19-13(3)21/h4-8,10H,9H2,1-3H3,(H2,18,19,20,21,22). The number of hydrogen-bond acceptors (Lipinski definition) is 3. The molecule has 0 saturated carbocycles. The summed E-state index contributed by atoms with van der Waals surface area (Å²) in [5.74, 6) is 0.108. The summed E-state index contributed by atoms with van der Waals surface area (Å²) >= 11 is 0. The predicted molar refractivity (Wildman–Crippen MR) is 86.8 cm³/mol. The van der Waals surface area contributed by atoms with Crippen LogP contribution in [0.2, 0.25) is 0 Å². The van der Waals surface area contributed by atoms with E-state index < -0.39 is 0 Å². The van der Waals surface area contributed by atoms with Gasteiger partial charge in [0.05, 0.1) is 6.42 Å². The first-order valence-corrected chi connectivity index (χ1v) is 7.04. The Balaban J connectivity index is 2.06. The quantitative estimate of drug-likeness (QED) is 0.911. The van der Waals surface area contributed by atoms with Crippen LogP contribution in [0, 0.1) is 13.8 Å². The highest BCUT2D eigenvalue weighted by Crippen LogP contribution is 2.15. The van der Waals surface area contributed by atoms with Gasteiger partial charge in [-0.25, -0.2) is 4.98 Å². The lowest BCUT2D eigenvalue weighted by molar-refractivity contribution is -0.116. The highest BCUT2D eigenvalue weighted by molar-refractivity contribution is 5.93. The van der Waals surface area contributed by atoms with Gasteiger partial charge < -0.3 is 10.6 Å². The Morgan fingerprint density at radius 1 is 1.14 bits per heavy atom. The molecule has 2 N–H and O–H groups in total. The van der Waals surface area contributed by atoms with Gasteiger partial charge >= 0.3 is 0 Å². The molecule has 22 heavy (non-hydrogen) atoms. The molecule has 0 spiro atoms. The fraction of sp³-hybridized carbons (Fsp3) is 0.235. The van der Waals surface area contributed by atoms with E-state index in [-0.39, 0.29) is 11.8 Å². The number of carbonyl (C=O) groups is 2. The Bertz CT molecular complexity index is 711. The summed E-state index contributed by atoms with van der Waals surface area (Å²) in [6, 6.07) is 9.25. The third-order valence-electron chi connectivity index (χ3n) is 3.42. The number of amides is 2. The van der Waals surface area contributed by atoms with Crippen LogP contribution in [0.5, 0.6) is 0 Å². The van der Waals surface area contributed by atoms with Gasteiger partial charge in [0.2, 0.25) is 11.8 Å². The van der Waals surface area contributed by atoms with Crippen LogP contribution in [-0.2, 0) is 16.0 Å². The van der Waals surface area contributed by atoms with Gasteiger partial charge in [-0.15, -0.1) is 0 Å². The van der Waals surface area contributed by atoms with Gasteiger partial charge in [0.25, 0.3) is 0 Å². The van der Waals surface area contributed by atoms with Crippen molar-refractivity contribution >= 4 is 23.3 Å². The summed E-state index contributed by atoms with van der Waals surface area (Å²) < 4.78 is 0. The van der Waals surface area contributed by atoms with E-state index in [1.807, 2.05) is 32.0 Å². The third-order valence-corrected chi connectivity index (χ3v) is 3.42. The van der Waals surface area contributed by atoms with Crippen molar-refractivity contribution in [1.82, 2.24) is 4.98 Å². The Morgan fingerprint density at radius 3 is 2.64 bits per heavy atom. The fourth-order valence-electron chi connectivity index (χ4n) is 2.14. The molecule has 1 heterocycles. The average Bonchev–Trinajstić information content (AvgIpc) is 2.43. The zero-order valence-electron chi connectivity index (χ0n) is 12.9. The molecular weight excluding hydrogens is 278 g/mol. The van der Waals surface area contributed by atoms with E-state index in [4.69, 9.17) is 0 Å². The first kappa shape index (κ1) is 15.7. The van der Waals surface area contributed by atoms with E-state index >= 15 is 0 Å². The first-order valence-electron chi connectivity index (χ1n) is 7.04. The number of rotatable bonds is 4. The second-order valence-electron chi connectivity index (χ2n) is 5.19. The summed E-state index contributed by atoms with van der Waals surface area (Å²) in [4.78, 5) is 27.2. The monoisotopic (exact) mass is 297 g/mol. The summed E-state index contributed by atoms with van der Waals surface area (Å²) in [6.07, 6.45) is 1.85. The molecule has 2 aromatic rings. The molecule has 0 radical (unpaired) electrons. The summed E-state index contributed by atoms with van der Waals surface area (Å²) in [6.45, 7) is 5.45. The molecule has 2 rings (SSSR count). The Hall–Kier alpha value is -2.69. The van der Waals surface area contributed by atoms with Gasteiger partial charge in [0.15, 0.2) is 0 Å². The molecule has 1 aromatic heterocycles. The maximum Gasteiger partial charge on any atom is 0.228 e. The largest absolute Gasteiger partial charge is 0.326 e. The summed E-state index contributed by atoms with van der Waals surface area (Å²) in [5.41, 5.74) is 3.91. The molecule has 0 unspecified atom stereocenters. The molecule has 0 bridgehead atoms. The number of nitrogens with one attached hydrogen (secondary N) is 2. The van der Waals surface area contributed by atoms with Gasteiger partial charge in [-0.3, -0.25) is 9.59 Å². The van der Waals surface area contributed by atoms with Crippen molar-refractivity contribution in [3.05, 3.63) is 53.2 Å². The lowest BCUT2D eigenvalue weighted by Crippen LogP contribution is -2.16. The van der Waals surface area contributed by atoms with Crippen molar-refractivity contribution in [2.45, 2.75) is 27.2 Å². The molecule has 0 saturated heterocycles. The van der Waals surface area contributed by atoms with Crippen LogP contribution in [-0.4, -0.2) is 16.8 Å². The van der Waals surface area contributed by atoms with E-state index in [9.17, 15) is 9.59 Å². The second kappa shape index (κ2) is 6.85. The molecule has 0 aliphatic carbocycles. The molecule has 0 atom stereocenters. The van der Waals surface area contributed by atoms with E-state index in [2.05, 4.69) is 15.6 Å². The molecule has 0 fully saturated rings. The van der Waals surface area contributed by atoms with Gasteiger partial charge in [-0.2, -0.15) is 0 Å². The van der Waals surface area contributed by atoms with Gasteiger partial charge in [-0.05, 0) is 36.6 Å². The first-order chi connectivity index (χ1) is 10.5. The van der Waals surface area contributed by atoms with Crippen LogP contribution in [0.15, 0.2) is 36.5 Å². The zero-order valence-corrected chi connectivity index (χ0v) is 12.9. The van der Waals surface area contributed by atoms with Crippen LogP contribution in [0.1, 0.15) is 23.6 Å². The number of pyridine rings is 1. The van der Waals surface area contributed by atoms with Crippen molar-refractivity contribution in [3.63, 3.8) is 0 Å². The van der Waals surface area contributed by atoms with E-state index in [1.165, 1.54) is 12.5 Å². The van der Waals surface area contributed by atoms with E-state index in [0.29, 0.717) is 17.9 Å². The van der Waals surface area contributed by atoms with Gasteiger partial charge in [0, 0.05) is 24.9 Å². The maximum atomic E-state index is 12.2. The summed E-state index contributed by atoms with van der Waals surface area (Å²) in [5, 5.41) is 5.40. The third kappa shape index (κ3) is 4.15. The van der Waals surface area contributed by atoms with Crippen molar-refractivity contribution in [3.8, 4) is 0 Å². The van der Waals surface area contributed by atoms with Crippen molar-refractivity contribution in [2.75, 3.05) is 10.6 Å². The Labute approximate surface area is 129 Å². The molecule has 0 aliphatic rings. The topological polar surface area (TPSA) is 71.1 Å². The number of hydrogen-bond donors (Lipinski definition) is 2. The minimum atomic E-state index is -0.202. The second-order valence-corrected chi connectivity index (χ2v) is 5.19. The number of anilines is 2. The van der Waals surface area contributed by atoms with Crippen LogP contribution in [0.3, 0.4) is 0 Å². The molecular formula is C17H19N3O2. The van der Waals surface area contributed by atoms with Crippen LogP contribution >= 0.6 is 0 Å². The highest BCUT2D eigenvalue weighted by atomic mass is 16.2. The smallest absolute Gasteiger partial charge is 0.228 e. The minimum absolute atomic E-state index is 0.103. The number of nitrogens with zero attached hydrogens (tertiary/aromatic N) is 1. The highest BCUT2D eigenvalue weighted by Gasteiger charge is 2.08. The van der Waals surface area contributed by atoms with Gasteiger partial charge in [-0.1, -0.05) is 18.2 Å². The molecule has 2 amide bonds. The van der Waals surface area contributed by atoms with Crippen LogP contribution in [0.25, 0.3) is 0 Å². The number of benzene rings is 1. The predicted octanol–water partition coefficient (Wildman–Crippen LogP) is 2.84. The van der Waals surface area contributed by atoms with E-state index in [0.717, 1.165) is 11.1 Å². The SMILES string of the molecule is CC(=O)Nc1cc(NC(=O)Cc2cccc(C)c2C)ccn1. The van der Waals surface area contributed by atoms with Crippen LogP contribution in [0.4, 0.5) is 11.5 Å². The van der Waals surface area contributed by atoms with Crippen molar-refractivity contribution < 1.29 is 9.59 Å². The zero-order chi connectivity index (χ0) is 16.1. The molecule has 0 aliphatic heterocycles. The number of aryl methyl sites for hydroxylation is 1. The normalized spacial score (nSPS) is 10.1.